The maximum Gasteiger partial charge on any atom is 0.323 e. The molecule has 0 spiro atoms. The van der Waals surface area contributed by atoms with Crippen molar-refractivity contribution in [3.8, 4) is 17.2 Å². The van der Waals surface area contributed by atoms with Crippen LogP contribution in [0.2, 0.25) is 0 Å². The second-order valence-corrected chi connectivity index (χ2v) is 8.38. The van der Waals surface area contributed by atoms with Gasteiger partial charge in [0.1, 0.15) is 18.1 Å². The van der Waals surface area contributed by atoms with Crippen molar-refractivity contribution in [2.45, 2.75) is 19.9 Å². The quantitative estimate of drug-likeness (QED) is 0.238. The standard InChI is InChI=1S/C29H26N2O6/c1-20-25(30-28(37-20)23-12-6-3-7-13-23)15-16-36-24-14-8-9-21(17-24)18-31(19-26(32)33)29(35)27(34)22-10-4-2-5-11-22/h2-14,17H,15-16,18-19H2,1H3,(H,32,33). The van der Waals surface area contributed by atoms with E-state index in [1.807, 2.05) is 37.3 Å². The van der Waals surface area contributed by atoms with Crippen molar-refractivity contribution in [3.05, 3.63) is 108 Å². The molecular weight excluding hydrogens is 472 g/mol. The number of Topliss-reactive ketones (excluding diaryl/α,β-unsaturated/α-hetero) is 1. The molecular formula is C29H26N2O6. The summed E-state index contributed by atoms with van der Waals surface area (Å²) in [5, 5.41) is 9.30. The van der Waals surface area contributed by atoms with E-state index < -0.39 is 24.2 Å². The molecule has 0 aliphatic carbocycles. The molecule has 0 saturated heterocycles. The number of aryl methyl sites for hydroxylation is 1. The first kappa shape index (κ1) is 25.4. The van der Waals surface area contributed by atoms with E-state index in [-0.39, 0.29) is 12.1 Å². The Morgan fingerprint density at radius 2 is 1.65 bits per heavy atom. The minimum atomic E-state index is -1.21. The normalized spacial score (nSPS) is 10.6. The number of benzene rings is 3. The van der Waals surface area contributed by atoms with Gasteiger partial charge >= 0.3 is 5.97 Å². The minimum Gasteiger partial charge on any atom is -0.493 e. The largest absolute Gasteiger partial charge is 0.493 e. The number of hydrogen-bond donors (Lipinski definition) is 1. The molecule has 4 rings (SSSR count). The molecule has 8 nitrogen and oxygen atoms in total. The smallest absolute Gasteiger partial charge is 0.323 e. The fourth-order valence-electron chi connectivity index (χ4n) is 3.80. The monoisotopic (exact) mass is 498 g/mol. The van der Waals surface area contributed by atoms with Gasteiger partial charge in [-0.25, -0.2) is 4.98 Å². The van der Waals surface area contributed by atoms with Crippen LogP contribution in [0.25, 0.3) is 11.5 Å². The number of aromatic nitrogens is 1. The van der Waals surface area contributed by atoms with Crippen molar-refractivity contribution in [2.24, 2.45) is 0 Å². The molecule has 0 radical (unpaired) electrons. The summed E-state index contributed by atoms with van der Waals surface area (Å²) in [4.78, 5) is 42.4. The number of carboxylic acids is 1. The van der Waals surface area contributed by atoms with Crippen LogP contribution in [0.15, 0.2) is 89.3 Å². The van der Waals surface area contributed by atoms with E-state index in [1.54, 1.807) is 42.5 Å². The van der Waals surface area contributed by atoms with E-state index in [2.05, 4.69) is 4.98 Å². The zero-order valence-corrected chi connectivity index (χ0v) is 20.3. The van der Waals surface area contributed by atoms with Crippen molar-refractivity contribution in [2.75, 3.05) is 13.2 Å². The molecule has 0 unspecified atom stereocenters. The third kappa shape index (κ3) is 6.70. The molecule has 0 atom stereocenters. The molecule has 37 heavy (non-hydrogen) atoms. The molecule has 0 fully saturated rings. The van der Waals surface area contributed by atoms with Gasteiger partial charge in [0.05, 0.1) is 12.3 Å². The Labute approximate surface area is 214 Å². The number of carbonyl (C=O) groups is 3. The summed E-state index contributed by atoms with van der Waals surface area (Å²) in [7, 11) is 0. The molecule has 0 aliphatic rings. The lowest BCUT2D eigenvalue weighted by atomic mass is 10.1. The molecule has 1 heterocycles. The van der Waals surface area contributed by atoms with Crippen LogP contribution in [-0.2, 0) is 22.6 Å². The van der Waals surface area contributed by atoms with Crippen LogP contribution in [0.1, 0.15) is 27.4 Å². The lowest BCUT2D eigenvalue weighted by molar-refractivity contribution is -0.143. The zero-order chi connectivity index (χ0) is 26.2. The summed E-state index contributed by atoms with van der Waals surface area (Å²) in [5.41, 5.74) is 2.54. The van der Waals surface area contributed by atoms with Gasteiger partial charge in [0.25, 0.3) is 5.91 Å². The van der Waals surface area contributed by atoms with E-state index in [0.717, 1.165) is 21.9 Å². The Bertz CT molecular complexity index is 1380. The van der Waals surface area contributed by atoms with Crippen LogP contribution >= 0.6 is 0 Å². The Balaban J connectivity index is 1.39. The Morgan fingerprint density at radius 1 is 0.946 bits per heavy atom. The van der Waals surface area contributed by atoms with E-state index in [1.165, 1.54) is 12.1 Å². The van der Waals surface area contributed by atoms with Crippen molar-refractivity contribution >= 4 is 17.7 Å². The van der Waals surface area contributed by atoms with E-state index in [9.17, 15) is 19.5 Å². The molecule has 3 aromatic carbocycles. The first-order valence-corrected chi connectivity index (χ1v) is 11.7. The highest BCUT2D eigenvalue weighted by Gasteiger charge is 2.25. The molecule has 0 saturated carbocycles. The molecule has 1 aromatic heterocycles. The minimum absolute atomic E-state index is 0.0518. The number of nitrogens with zero attached hydrogens (tertiary/aromatic N) is 2. The SMILES string of the molecule is Cc1oc(-c2ccccc2)nc1CCOc1cccc(CN(CC(=O)O)C(=O)C(=O)c2ccccc2)c1. The Hall–Kier alpha value is -4.72. The van der Waals surface area contributed by atoms with E-state index >= 15 is 0 Å². The van der Waals surface area contributed by atoms with Gasteiger partial charge in [-0.05, 0) is 36.8 Å². The lowest BCUT2D eigenvalue weighted by Crippen LogP contribution is -2.39. The summed E-state index contributed by atoms with van der Waals surface area (Å²) < 4.78 is 11.7. The molecule has 8 heteroatoms. The third-order valence-electron chi connectivity index (χ3n) is 5.64. The van der Waals surface area contributed by atoms with Gasteiger partial charge in [0, 0.05) is 24.1 Å². The third-order valence-corrected chi connectivity index (χ3v) is 5.64. The lowest BCUT2D eigenvalue weighted by Gasteiger charge is -2.20. The van der Waals surface area contributed by atoms with Gasteiger partial charge in [-0.1, -0.05) is 60.7 Å². The van der Waals surface area contributed by atoms with Gasteiger partial charge in [-0.15, -0.1) is 0 Å². The van der Waals surface area contributed by atoms with E-state index in [0.29, 0.717) is 30.2 Å². The van der Waals surface area contributed by atoms with Crippen LogP contribution in [-0.4, -0.2) is 45.8 Å². The first-order valence-electron chi connectivity index (χ1n) is 11.7. The fourth-order valence-corrected chi connectivity index (χ4v) is 3.80. The number of rotatable bonds is 11. The molecule has 0 aliphatic heterocycles. The number of ether oxygens (including phenoxy) is 1. The number of aliphatic carboxylic acids is 1. The average Bonchev–Trinajstić information content (AvgIpc) is 3.28. The predicted molar refractivity (Wildman–Crippen MR) is 136 cm³/mol. The van der Waals surface area contributed by atoms with Gasteiger partial charge in [0.15, 0.2) is 0 Å². The number of amides is 1. The van der Waals surface area contributed by atoms with Crippen molar-refractivity contribution in [1.29, 1.82) is 0 Å². The van der Waals surface area contributed by atoms with Crippen LogP contribution in [0.3, 0.4) is 0 Å². The van der Waals surface area contributed by atoms with Crippen LogP contribution in [0.5, 0.6) is 5.75 Å². The highest BCUT2D eigenvalue weighted by molar-refractivity contribution is 6.42. The van der Waals surface area contributed by atoms with Crippen LogP contribution < -0.4 is 4.74 Å². The predicted octanol–water partition coefficient (Wildman–Crippen LogP) is 4.57. The van der Waals surface area contributed by atoms with Crippen LogP contribution in [0, 0.1) is 6.92 Å². The molecule has 1 amide bonds. The summed E-state index contributed by atoms with van der Waals surface area (Å²) >= 11 is 0. The Kier molecular flexibility index (Phi) is 8.10. The highest BCUT2D eigenvalue weighted by Crippen LogP contribution is 2.22. The average molecular weight is 499 g/mol. The Morgan fingerprint density at radius 3 is 2.35 bits per heavy atom. The molecule has 188 valence electrons. The number of oxazole rings is 1. The van der Waals surface area contributed by atoms with Gasteiger partial charge in [0.2, 0.25) is 11.7 Å². The number of carbonyl (C=O) groups excluding carboxylic acids is 2. The topological polar surface area (TPSA) is 110 Å². The maximum absolute atomic E-state index is 12.8. The first-order chi connectivity index (χ1) is 17.9. The summed E-state index contributed by atoms with van der Waals surface area (Å²) in [5.74, 6) is -1.01. The number of hydrogen-bond acceptors (Lipinski definition) is 6. The summed E-state index contributed by atoms with van der Waals surface area (Å²) in [6, 6.07) is 24.7. The second-order valence-electron chi connectivity index (χ2n) is 8.38. The summed E-state index contributed by atoms with van der Waals surface area (Å²) in [6.45, 7) is 1.55. The van der Waals surface area contributed by atoms with Gasteiger partial charge in [-0.3, -0.25) is 14.4 Å². The molecule has 0 bridgehead atoms. The zero-order valence-electron chi connectivity index (χ0n) is 20.3. The molecule has 1 N–H and O–H groups in total. The second kappa shape index (κ2) is 11.8. The maximum atomic E-state index is 12.8. The van der Waals surface area contributed by atoms with E-state index in [4.69, 9.17) is 9.15 Å². The number of ketones is 1. The van der Waals surface area contributed by atoms with Crippen molar-refractivity contribution in [1.82, 2.24) is 9.88 Å². The van der Waals surface area contributed by atoms with Crippen molar-refractivity contribution < 1.29 is 28.6 Å². The van der Waals surface area contributed by atoms with Gasteiger partial charge < -0.3 is 19.2 Å². The van der Waals surface area contributed by atoms with Gasteiger partial charge in [-0.2, -0.15) is 0 Å². The highest BCUT2D eigenvalue weighted by atomic mass is 16.5. The number of carboxylic acid groups (broad SMARTS) is 1. The van der Waals surface area contributed by atoms with Crippen LogP contribution in [0.4, 0.5) is 0 Å². The van der Waals surface area contributed by atoms with Crippen molar-refractivity contribution in [3.63, 3.8) is 0 Å². The fraction of sp³-hybridized carbons (Fsp3) is 0.172. The summed E-state index contributed by atoms with van der Waals surface area (Å²) in [6.07, 6.45) is 0.529. The molecule has 4 aromatic rings.